The summed E-state index contributed by atoms with van der Waals surface area (Å²) in [6.07, 6.45) is 1.65. The second-order valence-corrected chi connectivity index (χ2v) is 8.39. The highest BCUT2D eigenvalue weighted by Gasteiger charge is 2.16. The normalized spacial score (nSPS) is 11.1. The predicted molar refractivity (Wildman–Crippen MR) is 129 cm³/mol. The van der Waals surface area contributed by atoms with Crippen LogP contribution in [0.25, 0.3) is 32.1 Å². The predicted octanol–water partition coefficient (Wildman–Crippen LogP) is 6.34. The van der Waals surface area contributed by atoms with Crippen molar-refractivity contribution in [2.75, 3.05) is 23.7 Å². The second kappa shape index (κ2) is 8.13. The van der Waals surface area contributed by atoms with Crippen LogP contribution in [-0.4, -0.2) is 23.1 Å². The molecule has 148 valence electrons. The summed E-state index contributed by atoms with van der Waals surface area (Å²) >= 11 is 1.72. The summed E-state index contributed by atoms with van der Waals surface area (Å²) < 4.78 is 0. The van der Waals surface area contributed by atoms with Gasteiger partial charge in [0.25, 0.3) is 0 Å². The number of benzene rings is 3. The van der Waals surface area contributed by atoms with Crippen LogP contribution in [0.4, 0.5) is 11.5 Å². The Kier molecular flexibility index (Phi) is 5.03. The van der Waals surface area contributed by atoms with Crippen LogP contribution < -0.4 is 10.6 Å². The summed E-state index contributed by atoms with van der Waals surface area (Å²) in [5.74, 6) is 0.892. The molecule has 0 atom stereocenters. The average Bonchev–Trinajstić information content (AvgIpc) is 3.14. The van der Waals surface area contributed by atoms with Gasteiger partial charge in [-0.2, -0.15) is 0 Å². The molecular formula is C25H22N4S. The first kappa shape index (κ1) is 18.6. The molecule has 0 aliphatic rings. The van der Waals surface area contributed by atoms with Crippen molar-refractivity contribution >= 4 is 43.8 Å². The van der Waals surface area contributed by atoms with E-state index < -0.39 is 0 Å². The summed E-state index contributed by atoms with van der Waals surface area (Å²) in [6, 6.07) is 25.3. The number of aryl methyl sites for hydroxylation is 1. The maximum Gasteiger partial charge on any atom is 0.138 e. The minimum Gasteiger partial charge on any atom is -0.383 e. The molecule has 0 spiro atoms. The quantitative estimate of drug-likeness (QED) is 0.321. The Morgan fingerprint density at radius 1 is 0.800 bits per heavy atom. The summed E-state index contributed by atoms with van der Waals surface area (Å²) in [7, 11) is 0. The van der Waals surface area contributed by atoms with Gasteiger partial charge < -0.3 is 10.6 Å². The lowest BCUT2D eigenvalue weighted by molar-refractivity contribution is 1.06. The highest BCUT2D eigenvalue weighted by atomic mass is 32.1. The van der Waals surface area contributed by atoms with Gasteiger partial charge in [0.15, 0.2) is 0 Å². The summed E-state index contributed by atoms with van der Waals surface area (Å²) in [5.41, 5.74) is 3.58. The molecule has 0 aliphatic carbocycles. The van der Waals surface area contributed by atoms with Gasteiger partial charge in [0.1, 0.15) is 17.0 Å². The lowest BCUT2D eigenvalue weighted by Gasteiger charge is -2.12. The van der Waals surface area contributed by atoms with Crippen molar-refractivity contribution in [3.8, 4) is 11.1 Å². The first-order chi connectivity index (χ1) is 14.8. The fourth-order valence-electron chi connectivity index (χ4n) is 3.89. The van der Waals surface area contributed by atoms with E-state index in [2.05, 4.69) is 94.3 Å². The van der Waals surface area contributed by atoms with Gasteiger partial charge in [0.2, 0.25) is 0 Å². The van der Waals surface area contributed by atoms with Crippen LogP contribution in [0.3, 0.4) is 0 Å². The highest BCUT2D eigenvalue weighted by Crippen LogP contribution is 2.40. The molecule has 0 radical (unpaired) electrons. The molecule has 2 heterocycles. The minimum absolute atomic E-state index is 0.762. The van der Waals surface area contributed by atoms with Crippen LogP contribution in [0, 0.1) is 6.92 Å². The summed E-state index contributed by atoms with van der Waals surface area (Å²) in [4.78, 5) is 11.3. The van der Waals surface area contributed by atoms with Gasteiger partial charge in [0.05, 0.1) is 5.39 Å². The van der Waals surface area contributed by atoms with E-state index in [1.807, 2.05) is 6.07 Å². The van der Waals surface area contributed by atoms with Gasteiger partial charge in [-0.25, -0.2) is 9.97 Å². The van der Waals surface area contributed by atoms with E-state index in [0.717, 1.165) is 34.8 Å². The van der Waals surface area contributed by atoms with Crippen LogP contribution in [0.1, 0.15) is 4.88 Å². The van der Waals surface area contributed by atoms with E-state index in [-0.39, 0.29) is 0 Å². The van der Waals surface area contributed by atoms with E-state index >= 15 is 0 Å². The molecule has 5 aromatic rings. The standard InChI is InChI=1S/C25H22N4S/c1-17-22(19-9-3-2-4-10-19)23-24(28-16-29-25(23)30-17)27-15-14-26-21-13-7-11-18-8-5-6-12-20(18)21/h2-13,16,26H,14-15H2,1H3,(H,27,28,29). The lowest BCUT2D eigenvalue weighted by atomic mass is 10.0. The van der Waals surface area contributed by atoms with Gasteiger partial charge in [-0.3, -0.25) is 0 Å². The van der Waals surface area contributed by atoms with Gasteiger partial charge in [0, 0.05) is 34.6 Å². The summed E-state index contributed by atoms with van der Waals surface area (Å²) in [5, 5.41) is 10.7. The number of nitrogens with one attached hydrogen (secondary N) is 2. The number of aromatic nitrogens is 2. The van der Waals surface area contributed by atoms with E-state index in [0.29, 0.717) is 0 Å². The van der Waals surface area contributed by atoms with Crippen LogP contribution in [-0.2, 0) is 0 Å². The first-order valence-electron chi connectivity index (χ1n) is 10.1. The van der Waals surface area contributed by atoms with E-state index in [4.69, 9.17) is 0 Å². The van der Waals surface area contributed by atoms with Crippen molar-refractivity contribution in [1.29, 1.82) is 0 Å². The molecule has 0 fully saturated rings. The molecule has 5 rings (SSSR count). The highest BCUT2D eigenvalue weighted by molar-refractivity contribution is 7.19. The Hall–Kier alpha value is -3.44. The average molecular weight is 411 g/mol. The van der Waals surface area contributed by atoms with Gasteiger partial charge in [-0.05, 0) is 23.9 Å². The second-order valence-electron chi connectivity index (χ2n) is 7.18. The molecule has 30 heavy (non-hydrogen) atoms. The van der Waals surface area contributed by atoms with Gasteiger partial charge in [-0.15, -0.1) is 11.3 Å². The molecule has 4 nitrogen and oxygen atoms in total. The molecule has 3 aromatic carbocycles. The molecule has 0 amide bonds. The number of hydrogen-bond donors (Lipinski definition) is 2. The monoisotopic (exact) mass is 410 g/mol. The Morgan fingerprint density at radius 2 is 1.57 bits per heavy atom. The molecular weight excluding hydrogens is 388 g/mol. The van der Waals surface area contributed by atoms with Crippen molar-refractivity contribution in [3.05, 3.63) is 84.0 Å². The molecule has 5 heteroatoms. The van der Waals surface area contributed by atoms with E-state index in [9.17, 15) is 0 Å². The maximum atomic E-state index is 4.56. The summed E-state index contributed by atoms with van der Waals surface area (Å²) in [6.45, 7) is 3.71. The molecule has 0 unspecified atom stereocenters. The SMILES string of the molecule is Cc1sc2ncnc(NCCNc3cccc4ccccc34)c2c1-c1ccccc1. The Balaban J connectivity index is 1.37. The van der Waals surface area contributed by atoms with Gasteiger partial charge >= 0.3 is 0 Å². The van der Waals surface area contributed by atoms with Crippen LogP contribution in [0.15, 0.2) is 79.1 Å². The Labute approximate surface area is 179 Å². The number of rotatable bonds is 6. The van der Waals surface area contributed by atoms with E-state index in [1.165, 1.54) is 26.8 Å². The number of nitrogens with zero attached hydrogens (tertiary/aromatic N) is 2. The zero-order valence-corrected chi connectivity index (χ0v) is 17.5. The topological polar surface area (TPSA) is 49.8 Å². The lowest BCUT2D eigenvalue weighted by Crippen LogP contribution is -2.14. The fraction of sp³-hybridized carbons (Fsp3) is 0.120. The van der Waals surface area contributed by atoms with Crippen molar-refractivity contribution in [2.24, 2.45) is 0 Å². The first-order valence-corrected chi connectivity index (χ1v) is 10.9. The van der Waals surface area contributed by atoms with Crippen molar-refractivity contribution in [2.45, 2.75) is 6.92 Å². The zero-order chi connectivity index (χ0) is 20.3. The number of anilines is 2. The van der Waals surface area contributed by atoms with Crippen LogP contribution in [0.5, 0.6) is 0 Å². The molecule has 0 bridgehead atoms. The van der Waals surface area contributed by atoms with Crippen LogP contribution >= 0.6 is 11.3 Å². The van der Waals surface area contributed by atoms with Crippen molar-refractivity contribution in [3.63, 3.8) is 0 Å². The maximum absolute atomic E-state index is 4.56. The Bertz CT molecular complexity index is 1310. The minimum atomic E-state index is 0.762. The molecule has 0 saturated carbocycles. The third-order valence-corrected chi connectivity index (χ3v) is 6.26. The van der Waals surface area contributed by atoms with E-state index in [1.54, 1.807) is 17.7 Å². The van der Waals surface area contributed by atoms with Gasteiger partial charge in [-0.1, -0.05) is 66.7 Å². The fourth-order valence-corrected chi connectivity index (χ4v) is 4.90. The third kappa shape index (κ3) is 3.48. The number of hydrogen-bond acceptors (Lipinski definition) is 5. The smallest absolute Gasteiger partial charge is 0.138 e. The van der Waals surface area contributed by atoms with Crippen molar-refractivity contribution < 1.29 is 0 Å². The zero-order valence-electron chi connectivity index (χ0n) is 16.7. The molecule has 0 aliphatic heterocycles. The largest absolute Gasteiger partial charge is 0.383 e. The third-order valence-electron chi connectivity index (χ3n) is 5.25. The van der Waals surface area contributed by atoms with Crippen LogP contribution in [0.2, 0.25) is 0 Å². The molecule has 0 saturated heterocycles. The molecule has 2 aromatic heterocycles. The number of fused-ring (bicyclic) bond motifs is 2. The Morgan fingerprint density at radius 3 is 2.47 bits per heavy atom. The number of thiophene rings is 1. The molecule has 2 N–H and O–H groups in total. The van der Waals surface area contributed by atoms with Crippen molar-refractivity contribution in [1.82, 2.24) is 9.97 Å².